The molecule has 0 spiro atoms. The number of aliphatic hydroxyl groups excluding tert-OH is 1. The summed E-state index contributed by atoms with van der Waals surface area (Å²) in [5, 5.41) is 9.05. The van der Waals surface area contributed by atoms with Gasteiger partial charge in [0.15, 0.2) is 9.84 Å². The van der Waals surface area contributed by atoms with Crippen molar-refractivity contribution in [1.82, 2.24) is 0 Å². The summed E-state index contributed by atoms with van der Waals surface area (Å²) in [6, 6.07) is 6.22. The van der Waals surface area contributed by atoms with E-state index in [-0.39, 0.29) is 4.90 Å². The summed E-state index contributed by atoms with van der Waals surface area (Å²) >= 11 is 4.08. The third-order valence-corrected chi connectivity index (χ3v) is 5.03. The molecule has 0 unspecified atom stereocenters. The summed E-state index contributed by atoms with van der Waals surface area (Å²) in [4.78, 5) is 0.912. The SMILES string of the molecule is CC(C)(CO)S(=O)(=O)c1ccc(S)cc1. The van der Waals surface area contributed by atoms with Gasteiger partial charge in [-0.2, -0.15) is 0 Å². The maximum Gasteiger partial charge on any atom is 0.185 e. The van der Waals surface area contributed by atoms with Gasteiger partial charge in [-0.25, -0.2) is 8.42 Å². The van der Waals surface area contributed by atoms with E-state index < -0.39 is 21.2 Å². The minimum Gasteiger partial charge on any atom is -0.395 e. The van der Waals surface area contributed by atoms with Gasteiger partial charge < -0.3 is 5.11 Å². The summed E-state index contributed by atoms with van der Waals surface area (Å²) in [6.07, 6.45) is 0. The predicted octanol–water partition coefficient (Wildman–Crippen LogP) is 1.52. The lowest BCUT2D eigenvalue weighted by Gasteiger charge is -2.21. The van der Waals surface area contributed by atoms with E-state index in [0.29, 0.717) is 4.90 Å². The van der Waals surface area contributed by atoms with Crippen LogP contribution in [0.4, 0.5) is 0 Å². The first-order valence-corrected chi connectivity index (χ1v) is 6.39. The molecule has 0 aliphatic rings. The fourth-order valence-corrected chi connectivity index (χ4v) is 2.48. The zero-order valence-corrected chi connectivity index (χ0v) is 10.3. The second kappa shape index (κ2) is 4.15. The zero-order chi connectivity index (χ0) is 11.7. The van der Waals surface area contributed by atoms with E-state index >= 15 is 0 Å². The van der Waals surface area contributed by atoms with Crippen molar-refractivity contribution >= 4 is 22.5 Å². The van der Waals surface area contributed by atoms with Crippen LogP contribution in [0.25, 0.3) is 0 Å². The molecule has 0 saturated carbocycles. The Morgan fingerprint density at radius 3 is 2.13 bits per heavy atom. The first-order chi connectivity index (χ1) is 6.81. The smallest absolute Gasteiger partial charge is 0.185 e. The van der Waals surface area contributed by atoms with E-state index in [1.165, 1.54) is 26.0 Å². The molecule has 0 bridgehead atoms. The van der Waals surface area contributed by atoms with Gasteiger partial charge in [0.1, 0.15) is 0 Å². The Kier molecular flexibility index (Phi) is 3.48. The van der Waals surface area contributed by atoms with Crippen LogP contribution in [0.2, 0.25) is 0 Å². The third kappa shape index (κ3) is 2.35. The summed E-state index contributed by atoms with van der Waals surface area (Å²) in [6.45, 7) is 2.59. The second-order valence-corrected chi connectivity index (χ2v) is 7.01. The first kappa shape index (κ1) is 12.5. The van der Waals surface area contributed by atoms with Gasteiger partial charge in [-0.15, -0.1) is 12.6 Å². The number of sulfone groups is 1. The maximum absolute atomic E-state index is 12.0. The van der Waals surface area contributed by atoms with E-state index in [0.717, 1.165) is 0 Å². The Hall–Kier alpha value is -0.520. The Labute approximate surface area is 95.5 Å². The Balaban J connectivity index is 3.24. The van der Waals surface area contributed by atoms with Crippen LogP contribution in [-0.2, 0) is 9.84 Å². The average molecular weight is 246 g/mol. The van der Waals surface area contributed by atoms with Crippen molar-refractivity contribution in [3.05, 3.63) is 24.3 Å². The molecule has 0 radical (unpaired) electrons. The number of hydrogen-bond donors (Lipinski definition) is 2. The van der Waals surface area contributed by atoms with Crippen molar-refractivity contribution in [2.75, 3.05) is 6.61 Å². The maximum atomic E-state index is 12.0. The van der Waals surface area contributed by atoms with E-state index in [2.05, 4.69) is 12.6 Å². The van der Waals surface area contributed by atoms with E-state index in [1.807, 2.05) is 0 Å². The lowest BCUT2D eigenvalue weighted by atomic mass is 10.2. The summed E-state index contributed by atoms with van der Waals surface area (Å²) in [5.41, 5.74) is 0. The van der Waals surface area contributed by atoms with Crippen LogP contribution in [0, 0.1) is 0 Å². The lowest BCUT2D eigenvalue weighted by Crippen LogP contribution is -2.35. The molecule has 1 aromatic rings. The summed E-state index contributed by atoms with van der Waals surface area (Å²) < 4.78 is 22.9. The average Bonchev–Trinajstić information content (AvgIpc) is 2.18. The molecule has 1 rings (SSSR count). The van der Waals surface area contributed by atoms with Crippen molar-refractivity contribution in [1.29, 1.82) is 0 Å². The van der Waals surface area contributed by atoms with Gasteiger partial charge in [0.05, 0.1) is 16.2 Å². The zero-order valence-electron chi connectivity index (χ0n) is 8.64. The van der Waals surface area contributed by atoms with Crippen LogP contribution in [0.5, 0.6) is 0 Å². The van der Waals surface area contributed by atoms with Crippen LogP contribution in [0.15, 0.2) is 34.1 Å². The Morgan fingerprint density at radius 1 is 1.27 bits per heavy atom. The van der Waals surface area contributed by atoms with Gasteiger partial charge in [0, 0.05) is 4.90 Å². The lowest BCUT2D eigenvalue weighted by molar-refractivity contribution is 0.258. The van der Waals surface area contributed by atoms with Crippen LogP contribution in [-0.4, -0.2) is 24.9 Å². The molecule has 0 heterocycles. The Morgan fingerprint density at radius 2 is 1.73 bits per heavy atom. The van der Waals surface area contributed by atoms with E-state index in [9.17, 15) is 8.42 Å². The molecular formula is C10H14O3S2. The molecule has 0 aliphatic heterocycles. The van der Waals surface area contributed by atoms with Crippen molar-refractivity contribution in [2.45, 2.75) is 28.4 Å². The number of thiol groups is 1. The van der Waals surface area contributed by atoms with Crippen LogP contribution >= 0.6 is 12.6 Å². The molecule has 0 aromatic heterocycles. The third-order valence-electron chi connectivity index (χ3n) is 2.26. The van der Waals surface area contributed by atoms with Crippen molar-refractivity contribution in [3.8, 4) is 0 Å². The molecule has 0 aliphatic carbocycles. The van der Waals surface area contributed by atoms with Crippen molar-refractivity contribution in [2.24, 2.45) is 0 Å². The van der Waals surface area contributed by atoms with Crippen LogP contribution in [0.3, 0.4) is 0 Å². The molecular weight excluding hydrogens is 232 g/mol. The number of aliphatic hydroxyl groups is 1. The summed E-state index contributed by atoms with van der Waals surface area (Å²) in [5.74, 6) is 0. The quantitative estimate of drug-likeness (QED) is 0.795. The second-order valence-electron chi connectivity index (χ2n) is 3.92. The van der Waals surface area contributed by atoms with Gasteiger partial charge in [-0.1, -0.05) is 0 Å². The monoisotopic (exact) mass is 246 g/mol. The first-order valence-electron chi connectivity index (χ1n) is 4.46. The molecule has 84 valence electrons. The Bertz CT molecular complexity index is 432. The normalized spacial score (nSPS) is 12.8. The number of hydrogen-bond acceptors (Lipinski definition) is 4. The highest BCUT2D eigenvalue weighted by molar-refractivity contribution is 7.92. The summed E-state index contributed by atoms with van der Waals surface area (Å²) in [7, 11) is -3.49. The van der Waals surface area contributed by atoms with Gasteiger partial charge in [-0.05, 0) is 38.1 Å². The molecule has 3 nitrogen and oxygen atoms in total. The van der Waals surface area contributed by atoms with Gasteiger partial charge in [0.25, 0.3) is 0 Å². The molecule has 1 N–H and O–H groups in total. The molecule has 0 amide bonds. The van der Waals surface area contributed by atoms with Gasteiger partial charge in [0.2, 0.25) is 0 Å². The highest BCUT2D eigenvalue weighted by Crippen LogP contribution is 2.25. The molecule has 0 atom stereocenters. The minimum absolute atomic E-state index is 0.208. The number of rotatable bonds is 3. The van der Waals surface area contributed by atoms with Crippen LogP contribution in [0.1, 0.15) is 13.8 Å². The number of benzene rings is 1. The van der Waals surface area contributed by atoms with E-state index in [4.69, 9.17) is 5.11 Å². The molecule has 0 saturated heterocycles. The predicted molar refractivity (Wildman–Crippen MR) is 62.0 cm³/mol. The van der Waals surface area contributed by atoms with Crippen LogP contribution < -0.4 is 0 Å². The van der Waals surface area contributed by atoms with Gasteiger partial charge in [-0.3, -0.25) is 0 Å². The molecule has 1 aromatic carbocycles. The highest BCUT2D eigenvalue weighted by Gasteiger charge is 2.34. The van der Waals surface area contributed by atoms with E-state index in [1.54, 1.807) is 12.1 Å². The largest absolute Gasteiger partial charge is 0.395 e. The fourth-order valence-electron chi connectivity index (χ4n) is 1.03. The molecule has 0 fully saturated rings. The topological polar surface area (TPSA) is 54.4 Å². The highest BCUT2D eigenvalue weighted by atomic mass is 32.2. The fraction of sp³-hybridized carbons (Fsp3) is 0.400. The van der Waals surface area contributed by atoms with Gasteiger partial charge >= 0.3 is 0 Å². The minimum atomic E-state index is -3.49. The van der Waals surface area contributed by atoms with Crippen molar-refractivity contribution < 1.29 is 13.5 Å². The molecule has 5 heteroatoms. The van der Waals surface area contributed by atoms with Crippen molar-refractivity contribution in [3.63, 3.8) is 0 Å². The molecule has 15 heavy (non-hydrogen) atoms. The standard InChI is InChI=1S/C10H14O3S2/c1-10(2,7-11)15(12,13)9-5-3-8(14)4-6-9/h3-6,11,14H,7H2,1-2H3.